The number of likely N-dealkylation sites (tertiary alicyclic amines) is 1. The zero-order chi connectivity index (χ0) is 12.6. The van der Waals surface area contributed by atoms with E-state index in [1.807, 2.05) is 0 Å². The second kappa shape index (κ2) is 4.53. The van der Waals surface area contributed by atoms with Crippen LogP contribution in [0, 0.1) is 0 Å². The Morgan fingerprint density at radius 3 is 2.47 bits per heavy atom. The normalized spacial score (nSPS) is 35.3. The molecule has 2 aliphatic rings. The molecule has 1 unspecified atom stereocenters. The van der Waals surface area contributed by atoms with Crippen LogP contribution in [0.1, 0.15) is 32.1 Å². The van der Waals surface area contributed by atoms with Crippen LogP contribution in [0.25, 0.3) is 0 Å². The quantitative estimate of drug-likeness (QED) is 0.720. The fraction of sp³-hybridized carbons (Fsp3) is 0.900. The first kappa shape index (κ1) is 12.8. The van der Waals surface area contributed by atoms with Gasteiger partial charge in [0, 0.05) is 25.0 Å². The molecule has 98 valence electrons. The second-order valence-electron chi connectivity index (χ2n) is 4.86. The van der Waals surface area contributed by atoms with Crippen molar-refractivity contribution in [2.45, 2.75) is 49.4 Å². The van der Waals surface area contributed by atoms with Crippen molar-refractivity contribution in [3.8, 4) is 0 Å². The molecule has 0 bridgehead atoms. The summed E-state index contributed by atoms with van der Waals surface area (Å²) >= 11 is 0. The van der Waals surface area contributed by atoms with Gasteiger partial charge in [-0.25, -0.2) is 0 Å². The number of carbonyl (C=O) groups is 1. The molecule has 1 heterocycles. The van der Waals surface area contributed by atoms with Crippen molar-refractivity contribution in [2.75, 3.05) is 6.54 Å². The van der Waals surface area contributed by atoms with Crippen molar-refractivity contribution >= 4 is 16.1 Å². The number of amides is 1. The first-order valence-electron chi connectivity index (χ1n) is 5.88. The van der Waals surface area contributed by atoms with Gasteiger partial charge in [0.2, 0.25) is 5.91 Å². The number of rotatable bonds is 2. The molecule has 0 aromatic heterocycles. The molecule has 0 radical (unpaired) electrons. The van der Waals surface area contributed by atoms with Gasteiger partial charge in [0.1, 0.15) is 5.25 Å². The molecule has 0 spiro atoms. The van der Waals surface area contributed by atoms with Crippen molar-refractivity contribution < 1.29 is 17.1 Å². The maximum Gasteiger partial charge on any atom is 0.307 e. The van der Waals surface area contributed by atoms with Gasteiger partial charge >= 0.3 is 10.2 Å². The van der Waals surface area contributed by atoms with E-state index in [1.165, 1.54) is 4.90 Å². The van der Waals surface area contributed by atoms with Crippen molar-refractivity contribution in [3.63, 3.8) is 0 Å². The van der Waals surface area contributed by atoms with Gasteiger partial charge in [0.25, 0.3) is 0 Å². The SMILES string of the molecule is N[C@H]1CCCC[C@@H]1N1CC(S(=O)(=O)F)CC1=O. The molecule has 3 atom stereocenters. The van der Waals surface area contributed by atoms with Crippen molar-refractivity contribution in [3.05, 3.63) is 0 Å². The summed E-state index contributed by atoms with van der Waals surface area (Å²) in [4.78, 5) is 13.2. The Labute approximate surface area is 100 Å². The van der Waals surface area contributed by atoms with E-state index in [4.69, 9.17) is 5.73 Å². The Morgan fingerprint density at radius 2 is 1.94 bits per heavy atom. The van der Waals surface area contributed by atoms with E-state index >= 15 is 0 Å². The van der Waals surface area contributed by atoms with E-state index in [0.29, 0.717) is 0 Å². The van der Waals surface area contributed by atoms with Crippen molar-refractivity contribution in [1.82, 2.24) is 4.90 Å². The van der Waals surface area contributed by atoms with Crippen LogP contribution in [0.5, 0.6) is 0 Å². The van der Waals surface area contributed by atoms with E-state index in [1.54, 1.807) is 0 Å². The molecule has 1 aliphatic carbocycles. The Kier molecular flexibility index (Phi) is 3.40. The molecule has 7 heteroatoms. The largest absolute Gasteiger partial charge is 0.337 e. The number of nitrogens with zero attached hydrogens (tertiary/aromatic N) is 1. The molecule has 5 nitrogen and oxygen atoms in total. The molecule has 2 N–H and O–H groups in total. The highest BCUT2D eigenvalue weighted by atomic mass is 32.3. The lowest BCUT2D eigenvalue weighted by Gasteiger charge is -2.35. The molecule has 1 aliphatic heterocycles. The summed E-state index contributed by atoms with van der Waals surface area (Å²) in [6, 6.07) is -0.239. The molecule has 2 rings (SSSR count). The predicted molar refractivity (Wildman–Crippen MR) is 60.4 cm³/mol. The third kappa shape index (κ3) is 2.60. The number of carbonyl (C=O) groups excluding carboxylic acids is 1. The minimum absolute atomic E-state index is 0.0456. The average Bonchev–Trinajstić information content (AvgIpc) is 2.61. The highest BCUT2D eigenvalue weighted by Crippen LogP contribution is 2.28. The summed E-state index contributed by atoms with van der Waals surface area (Å²) in [7, 11) is -4.63. The van der Waals surface area contributed by atoms with Crippen molar-refractivity contribution in [1.29, 1.82) is 0 Å². The minimum Gasteiger partial charge on any atom is -0.337 e. The molecular formula is C10H17FN2O3S. The van der Waals surface area contributed by atoms with Gasteiger partial charge in [-0.05, 0) is 12.8 Å². The van der Waals surface area contributed by atoms with E-state index < -0.39 is 15.5 Å². The number of halogens is 1. The molecule has 1 saturated heterocycles. The van der Waals surface area contributed by atoms with Gasteiger partial charge in [-0.15, -0.1) is 3.89 Å². The standard InChI is InChI=1S/C10H17FN2O3S/c11-17(15,16)7-5-10(14)13(6-7)9-4-2-1-3-8(9)12/h7-9H,1-6,12H2/t7?,8-,9-/m0/s1. The maximum absolute atomic E-state index is 12.9. The molecule has 17 heavy (non-hydrogen) atoms. The summed E-state index contributed by atoms with van der Waals surface area (Å²) < 4.78 is 34.5. The van der Waals surface area contributed by atoms with Crippen LogP contribution in [0.4, 0.5) is 3.89 Å². The van der Waals surface area contributed by atoms with Crippen LogP contribution in [0.2, 0.25) is 0 Å². The highest BCUT2D eigenvalue weighted by molar-refractivity contribution is 7.87. The first-order chi connectivity index (χ1) is 7.89. The van der Waals surface area contributed by atoms with Gasteiger partial charge in [-0.3, -0.25) is 4.79 Å². The first-order valence-corrected chi connectivity index (χ1v) is 7.33. The molecule has 0 aromatic rings. The van der Waals surface area contributed by atoms with Gasteiger partial charge in [-0.1, -0.05) is 12.8 Å². The summed E-state index contributed by atoms with van der Waals surface area (Å²) in [6.45, 7) is -0.0456. The third-order valence-corrected chi connectivity index (χ3v) is 4.82. The Morgan fingerprint density at radius 1 is 1.29 bits per heavy atom. The van der Waals surface area contributed by atoms with Crippen LogP contribution < -0.4 is 5.73 Å². The average molecular weight is 264 g/mol. The van der Waals surface area contributed by atoms with E-state index in [0.717, 1.165) is 25.7 Å². The number of nitrogens with two attached hydrogens (primary N) is 1. The van der Waals surface area contributed by atoms with Crippen LogP contribution in [0.3, 0.4) is 0 Å². The summed E-state index contributed by atoms with van der Waals surface area (Å²) in [5.74, 6) is -0.293. The molecule has 0 aromatic carbocycles. The van der Waals surface area contributed by atoms with E-state index in [2.05, 4.69) is 0 Å². The van der Waals surface area contributed by atoms with Crippen LogP contribution in [-0.4, -0.2) is 43.1 Å². The molecule has 1 amide bonds. The van der Waals surface area contributed by atoms with Crippen LogP contribution in [0.15, 0.2) is 0 Å². The zero-order valence-corrected chi connectivity index (χ0v) is 10.3. The van der Waals surface area contributed by atoms with Crippen LogP contribution in [-0.2, 0) is 15.0 Å². The van der Waals surface area contributed by atoms with Gasteiger partial charge in [0.15, 0.2) is 0 Å². The third-order valence-electron chi connectivity index (χ3n) is 3.70. The van der Waals surface area contributed by atoms with Gasteiger partial charge < -0.3 is 10.6 Å². The molecular weight excluding hydrogens is 247 g/mol. The Balaban J connectivity index is 2.10. The van der Waals surface area contributed by atoms with Crippen LogP contribution >= 0.6 is 0 Å². The fourth-order valence-corrected chi connectivity index (χ4v) is 3.41. The Hall–Kier alpha value is -0.690. The highest BCUT2D eigenvalue weighted by Gasteiger charge is 2.42. The summed E-state index contributed by atoms with van der Waals surface area (Å²) in [5, 5.41) is -1.20. The number of hydrogen-bond acceptors (Lipinski definition) is 4. The predicted octanol–water partition coefficient (Wildman–Crippen LogP) is 0.157. The van der Waals surface area contributed by atoms with E-state index in [9.17, 15) is 17.1 Å². The summed E-state index contributed by atoms with van der Waals surface area (Å²) in [6.07, 6.45) is 3.38. The minimum atomic E-state index is -4.63. The maximum atomic E-state index is 12.9. The zero-order valence-electron chi connectivity index (χ0n) is 9.51. The molecule has 2 fully saturated rings. The van der Waals surface area contributed by atoms with Gasteiger partial charge in [-0.2, -0.15) is 8.42 Å². The molecule has 1 saturated carbocycles. The lowest BCUT2D eigenvalue weighted by molar-refractivity contribution is -0.130. The lowest BCUT2D eigenvalue weighted by atomic mass is 9.90. The Bertz CT molecular complexity index is 412. The number of hydrogen-bond donors (Lipinski definition) is 1. The fourth-order valence-electron chi connectivity index (χ4n) is 2.73. The monoisotopic (exact) mass is 264 g/mol. The second-order valence-corrected chi connectivity index (χ2v) is 6.48. The lowest BCUT2D eigenvalue weighted by Crippen LogP contribution is -2.50. The topological polar surface area (TPSA) is 80.5 Å². The van der Waals surface area contributed by atoms with E-state index in [-0.39, 0.29) is 31.0 Å². The van der Waals surface area contributed by atoms with Gasteiger partial charge in [0.05, 0.1) is 0 Å². The smallest absolute Gasteiger partial charge is 0.307 e. The van der Waals surface area contributed by atoms with Crippen molar-refractivity contribution in [2.24, 2.45) is 5.73 Å². The summed E-state index contributed by atoms with van der Waals surface area (Å²) in [5.41, 5.74) is 5.94.